The van der Waals surface area contributed by atoms with Gasteiger partial charge in [0.05, 0.1) is 0 Å². The summed E-state index contributed by atoms with van der Waals surface area (Å²) in [4.78, 5) is 14.3. The molecule has 1 saturated heterocycles. The molecule has 1 amide bonds. The van der Waals surface area contributed by atoms with Crippen LogP contribution in [0.3, 0.4) is 0 Å². The van der Waals surface area contributed by atoms with E-state index in [1.165, 1.54) is 38.5 Å². The van der Waals surface area contributed by atoms with E-state index in [1.807, 2.05) is 0 Å². The number of hydrogen-bond acceptors (Lipinski definition) is 2. The first kappa shape index (κ1) is 15.8. The van der Waals surface area contributed by atoms with E-state index < -0.39 is 0 Å². The first-order valence-corrected chi connectivity index (χ1v) is 8.70. The molecule has 0 aromatic heterocycles. The lowest BCUT2D eigenvalue weighted by Crippen LogP contribution is -2.42. The van der Waals surface area contributed by atoms with Crippen molar-refractivity contribution in [3.8, 4) is 0 Å². The molecule has 1 saturated carbocycles. The van der Waals surface area contributed by atoms with Gasteiger partial charge in [-0.15, -0.1) is 0 Å². The maximum atomic E-state index is 12.2. The minimum atomic E-state index is 0.276. The number of nitrogens with zero attached hydrogens (tertiary/aromatic N) is 1. The Morgan fingerprint density at radius 3 is 2.40 bits per heavy atom. The van der Waals surface area contributed by atoms with Crippen LogP contribution in [0.1, 0.15) is 71.1 Å². The van der Waals surface area contributed by atoms with Gasteiger partial charge in [0.1, 0.15) is 0 Å². The Kier molecular flexibility index (Phi) is 6.34. The van der Waals surface area contributed by atoms with Crippen molar-refractivity contribution in [3.63, 3.8) is 0 Å². The third-order valence-electron chi connectivity index (χ3n) is 5.36. The number of amides is 1. The van der Waals surface area contributed by atoms with Crippen LogP contribution in [-0.2, 0) is 4.79 Å². The molecule has 1 aliphatic heterocycles. The Labute approximate surface area is 124 Å². The third kappa shape index (κ3) is 4.76. The van der Waals surface area contributed by atoms with Crippen LogP contribution in [0.2, 0.25) is 0 Å². The van der Waals surface area contributed by atoms with E-state index in [9.17, 15) is 4.79 Å². The summed E-state index contributed by atoms with van der Waals surface area (Å²) in [6, 6.07) is 0.276. The molecule has 1 aliphatic carbocycles. The summed E-state index contributed by atoms with van der Waals surface area (Å²) >= 11 is 0. The maximum Gasteiger partial charge on any atom is 0.222 e. The average Bonchev–Trinajstić information content (AvgIpc) is 2.48. The van der Waals surface area contributed by atoms with Gasteiger partial charge in [-0.3, -0.25) is 4.79 Å². The van der Waals surface area contributed by atoms with E-state index in [1.54, 1.807) is 0 Å². The largest absolute Gasteiger partial charge is 0.343 e. The lowest BCUT2D eigenvalue weighted by Gasteiger charge is -2.34. The molecule has 2 N–H and O–H groups in total. The van der Waals surface area contributed by atoms with Crippen LogP contribution >= 0.6 is 0 Å². The van der Waals surface area contributed by atoms with Gasteiger partial charge in [0.2, 0.25) is 5.91 Å². The molecule has 2 aliphatic rings. The summed E-state index contributed by atoms with van der Waals surface area (Å²) < 4.78 is 0. The van der Waals surface area contributed by atoms with Crippen LogP contribution in [0.15, 0.2) is 0 Å². The first-order valence-electron chi connectivity index (χ1n) is 8.70. The van der Waals surface area contributed by atoms with Gasteiger partial charge in [0.15, 0.2) is 0 Å². The highest BCUT2D eigenvalue weighted by Gasteiger charge is 2.24. The second-order valence-electron chi connectivity index (χ2n) is 6.97. The van der Waals surface area contributed by atoms with E-state index in [2.05, 4.69) is 11.8 Å². The van der Waals surface area contributed by atoms with Gasteiger partial charge in [0.25, 0.3) is 0 Å². The highest BCUT2D eigenvalue weighted by atomic mass is 16.2. The summed E-state index contributed by atoms with van der Waals surface area (Å²) in [5.41, 5.74) is 5.95. The third-order valence-corrected chi connectivity index (χ3v) is 5.36. The van der Waals surface area contributed by atoms with Crippen LogP contribution in [-0.4, -0.2) is 29.9 Å². The number of carbonyl (C=O) groups excluding carboxylic acids is 1. The smallest absolute Gasteiger partial charge is 0.222 e. The van der Waals surface area contributed by atoms with Gasteiger partial charge in [-0.1, -0.05) is 32.1 Å². The fraction of sp³-hybridized carbons (Fsp3) is 0.941. The Balaban J connectivity index is 1.60. The van der Waals surface area contributed by atoms with Crippen molar-refractivity contribution in [1.29, 1.82) is 0 Å². The highest BCUT2D eigenvalue weighted by molar-refractivity contribution is 5.76. The van der Waals surface area contributed by atoms with Crippen LogP contribution < -0.4 is 5.73 Å². The fourth-order valence-electron chi connectivity index (χ4n) is 3.85. The summed E-state index contributed by atoms with van der Waals surface area (Å²) in [6.45, 7) is 3.94. The van der Waals surface area contributed by atoms with Crippen molar-refractivity contribution in [2.75, 3.05) is 13.1 Å². The van der Waals surface area contributed by atoms with Crippen LogP contribution in [0, 0.1) is 11.8 Å². The van der Waals surface area contributed by atoms with E-state index in [4.69, 9.17) is 5.73 Å². The van der Waals surface area contributed by atoms with E-state index in [-0.39, 0.29) is 6.04 Å². The van der Waals surface area contributed by atoms with Crippen molar-refractivity contribution in [3.05, 3.63) is 0 Å². The Hall–Kier alpha value is -0.570. The molecule has 116 valence electrons. The van der Waals surface area contributed by atoms with Crippen molar-refractivity contribution >= 4 is 5.91 Å². The minimum Gasteiger partial charge on any atom is -0.343 e. The quantitative estimate of drug-likeness (QED) is 0.839. The topological polar surface area (TPSA) is 46.3 Å². The number of hydrogen-bond donors (Lipinski definition) is 1. The molecule has 2 fully saturated rings. The van der Waals surface area contributed by atoms with E-state index in [0.717, 1.165) is 44.7 Å². The molecule has 0 aromatic rings. The standard InChI is InChI=1S/C17H32N2O/c1-14(18)16-10-12-19(13-11-16)17(20)9-5-8-15-6-3-2-4-7-15/h14-16H,2-13,18H2,1H3. The first-order chi connectivity index (χ1) is 9.66. The second-order valence-corrected chi connectivity index (χ2v) is 6.97. The van der Waals surface area contributed by atoms with Gasteiger partial charge in [-0.25, -0.2) is 0 Å². The zero-order valence-electron chi connectivity index (χ0n) is 13.2. The highest BCUT2D eigenvalue weighted by Crippen LogP contribution is 2.28. The zero-order valence-corrected chi connectivity index (χ0v) is 13.2. The molecule has 1 unspecified atom stereocenters. The molecule has 0 spiro atoms. The molecule has 0 radical (unpaired) electrons. The second kappa shape index (κ2) is 8.02. The van der Waals surface area contributed by atoms with Gasteiger partial charge in [-0.2, -0.15) is 0 Å². The van der Waals surface area contributed by atoms with Gasteiger partial charge in [-0.05, 0) is 44.4 Å². The molecule has 2 rings (SSSR count). The SMILES string of the molecule is CC(N)C1CCN(C(=O)CCCC2CCCCC2)CC1. The lowest BCUT2D eigenvalue weighted by molar-refractivity contribution is -0.132. The summed E-state index contributed by atoms with van der Waals surface area (Å²) in [7, 11) is 0. The zero-order chi connectivity index (χ0) is 14.4. The molecule has 3 heteroatoms. The molecule has 1 heterocycles. The molecule has 3 nitrogen and oxygen atoms in total. The van der Waals surface area contributed by atoms with Crippen molar-refractivity contribution < 1.29 is 4.79 Å². The van der Waals surface area contributed by atoms with Crippen LogP contribution in [0.5, 0.6) is 0 Å². The summed E-state index contributed by atoms with van der Waals surface area (Å²) in [5, 5.41) is 0. The fourth-order valence-corrected chi connectivity index (χ4v) is 3.85. The maximum absolute atomic E-state index is 12.2. The molecular weight excluding hydrogens is 248 g/mol. The van der Waals surface area contributed by atoms with Crippen molar-refractivity contribution in [2.24, 2.45) is 17.6 Å². The van der Waals surface area contributed by atoms with E-state index >= 15 is 0 Å². The van der Waals surface area contributed by atoms with E-state index in [0.29, 0.717) is 11.8 Å². The van der Waals surface area contributed by atoms with Crippen molar-refractivity contribution in [1.82, 2.24) is 4.90 Å². The molecule has 0 aromatic carbocycles. The van der Waals surface area contributed by atoms with Crippen LogP contribution in [0.4, 0.5) is 0 Å². The Bertz CT molecular complexity index is 289. The monoisotopic (exact) mass is 280 g/mol. The number of carbonyl (C=O) groups is 1. The number of nitrogens with two attached hydrogens (primary N) is 1. The van der Waals surface area contributed by atoms with Crippen LogP contribution in [0.25, 0.3) is 0 Å². The number of piperidine rings is 1. The Morgan fingerprint density at radius 2 is 1.80 bits per heavy atom. The lowest BCUT2D eigenvalue weighted by atomic mass is 9.85. The average molecular weight is 280 g/mol. The predicted molar refractivity (Wildman–Crippen MR) is 83.4 cm³/mol. The molecule has 0 bridgehead atoms. The van der Waals surface area contributed by atoms with Gasteiger partial charge >= 0.3 is 0 Å². The van der Waals surface area contributed by atoms with Crippen molar-refractivity contribution in [2.45, 2.75) is 77.2 Å². The summed E-state index contributed by atoms with van der Waals surface area (Å²) in [5.74, 6) is 1.89. The molecule has 20 heavy (non-hydrogen) atoms. The minimum absolute atomic E-state index is 0.276. The number of rotatable bonds is 5. The Morgan fingerprint density at radius 1 is 1.15 bits per heavy atom. The summed E-state index contributed by atoms with van der Waals surface area (Å²) in [6.07, 6.45) is 12.3. The molecular formula is C17H32N2O. The molecule has 1 atom stereocenters. The normalized spacial score (nSPS) is 23.8. The number of likely N-dealkylation sites (tertiary alicyclic amines) is 1. The van der Waals surface area contributed by atoms with Gasteiger partial charge in [0, 0.05) is 25.6 Å². The van der Waals surface area contributed by atoms with Gasteiger partial charge < -0.3 is 10.6 Å². The predicted octanol–water partition coefficient (Wildman–Crippen LogP) is 3.32.